The van der Waals surface area contributed by atoms with Gasteiger partial charge in [0.1, 0.15) is 5.82 Å². The molecule has 0 unspecified atom stereocenters. The first-order valence-corrected chi connectivity index (χ1v) is 8.00. The fourth-order valence-electron chi connectivity index (χ4n) is 1.94. The number of ether oxygens (including phenoxy) is 1. The third-order valence-corrected chi connectivity index (χ3v) is 4.17. The van der Waals surface area contributed by atoms with E-state index < -0.39 is 0 Å². The number of methoxy groups -OCH3 is 1. The van der Waals surface area contributed by atoms with E-state index in [1.165, 1.54) is 24.4 Å². The van der Waals surface area contributed by atoms with E-state index in [0.717, 1.165) is 16.5 Å². The molecule has 0 fully saturated rings. The van der Waals surface area contributed by atoms with E-state index in [-0.39, 0.29) is 5.97 Å². The zero-order valence-corrected chi connectivity index (χ0v) is 13.6. The van der Waals surface area contributed by atoms with Crippen molar-refractivity contribution in [1.29, 1.82) is 0 Å². The maximum atomic E-state index is 11.2. The molecule has 0 spiro atoms. The SMILES string of the molecule is COC(=O)CCSc1nnc(CN)n1Cc1ccc(C)cc1. The summed E-state index contributed by atoms with van der Waals surface area (Å²) in [6, 6.07) is 8.31. The minimum atomic E-state index is -0.226. The summed E-state index contributed by atoms with van der Waals surface area (Å²) >= 11 is 1.48. The molecule has 1 heterocycles. The molecule has 1 aromatic carbocycles. The first-order chi connectivity index (χ1) is 10.6. The molecule has 6 nitrogen and oxygen atoms in total. The standard InChI is InChI=1S/C15H20N4O2S/c1-11-3-5-12(6-4-11)10-19-13(9-16)17-18-15(19)22-8-7-14(20)21-2/h3-6H,7-10,16H2,1-2H3. The summed E-state index contributed by atoms with van der Waals surface area (Å²) in [7, 11) is 1.39. The summed E-state index contributed by atoms with van der Waals surface area (Å²) in [5.41, 5.74) is 8.12. The number of carbonyl (C=O) groups excluding carboxylic acids is 1. The molecule has 22 heavy (non-hydrogen) atoms. The molecule has 0 aliphatic carbocycles. The number of nitrogens with zero attached hydrogens (tertiary/aromatic N) is 3. The Morgan fingerprint density at radius 3 is 2.68 bits per heavy atom. The number of rotatable bonds is 7. The molecule has 2 aromatic rings. The van der Waals surface area contributed by atoms with E-state index in [4.69, 9.17) is 5.73 Å². The number of aromatic nitrogens is 3. The van der Waals surface area contributed by atoms with Gasteiger partial charge in [-0.2, -0.15) is 0 Å². The Morgan fingerprint density at radius 1 is 1.32 bits per heavy atom. The van der Waals surface area contributed by atoms with Crippen molar-refractivity contribution >= 4 is 17.7 Å². The fraction of sp³-hybridized carbons (Fsp3) is 0.400. The van der Waals surface area contributed by atoms with Gasteiger partial charge in [0.15, 0.2) is 5.16 Å². The summed E-state index contributed by atoms with van der Waals surface area (Å²) < 4.78 is 6.63. The lowest BCUT2D eigenvalue weighted by atomic mass is 10.1. The Morgan fingerprint density at radius 2 is 2.05 bits per heavy atom. The Labute approximate surface area is 134 Å². The second kappa shape index (κ2) is 7.95. The monoisotopic (exact) mass is 320 g/mol. The summed E-state index contributed by atoms with van der Waals surface area (Å²) in [6.07, 6.45) is 0.344. The molecule has 0 radical (unpaired) electrons. The van der Waals surface area contributed by atoms with Gasteiger partial charge in [-0.25, -0.2) is 0 Å². The Balaban J connectivity index is 2.09. The van der Waals surface area contributed by atoms with Gasteiger partial charge in [-0.15, -0.1) is 10.2 Å². The highest BCUT2D eigenvalue weighted by atomic mass is 32.2. The molecule has 2 N–H and O–H groups in total. The highest BCUT2D eigenvalue weighted by Gasteiger charge is 2.12. The highest BCUT2D eigenvalue weighted by molar-refractivity contribution is 7.99. The Hall–Kier alpha value is -1.86. The average molecular weight is 320 g/mol. The minimum absolute atomic E-state index is 0.226. The Kier molecular flexibility index (Phi) is 5.97. The van der Waals surface area contributed by atoms with Crippen LogP contribution < -0.4 is 5.73 Å². The molecule has 118 valence electrons. The minimum Gasteiger partial charge on any atom is -0.469 e. The summed E-state index contributed by atoms with van der Waals surface area (Å²) in [5, 5.41) is 9.05. The molecule has 7 heteroatoms. The van der Waals surface area contributed by atoms with Gasteiger partial charge in [-0.3, -0.25) is 4.79 Å². The van der Waals surface area contributed by atoms with Crippen LogP contribution in [0.2, 0.25) is 0 Å². The molecule has 2 rings (SSSR count). The lowest BCUT2D eigenvalue weighted by Crippen LogP contribution is -2.11. The van der Waals surface area contributed by atoms with Crippen molar-refractivity contribution in [1.82, 2.24) is 14.8 Å². The third-order valence-electron chi connectivity index (χ3n) is 3.20. The van der Waals surface area contributed by atoms with Crippen molar-refractivity contribution in [3.05, 3.63) is 41.2 Å². The second-order valence-corrected chi connectivity index (χ2v) is 5.91. The van der Waals surface area contributed by atoms with E-state index in [1.54, 1.807) is 0 Å². The van der Waals surface area contributed by atoms with E-state index in [0.29, 0.717) is 25.3 Å². The maximum Gasteiger partial charge on any atom is 0.306 e. The predicted octanol–water partition coefficient (Wildman–Crippen LogP) is 1.75. The number of aryl methyl sites for hydroxylation is 1. The van der Waals surface area contributed by atoms with Crippen LogP contribution in [0.15, 0.2) is 29.4 Å². The fourth-order valence-corrected chi connectivity index (χ4v) is 2.81. The first-order valence-electron chi connectivity index (χ1n) is 7.01. The quantitative estimate of drug-likeness (QED) is 0.618. The average Bonchev–Trinajstić information content (AvgIpc) is 2.91. The molecule has 0 aliphatic rings. The first kappa shape index (κ1) is 16.5. The van der Waals surface area contributed by atoms with Crippen molar-refractivity contribution in [2.45, 2.75) is 31.6 Å². The highest BCUT2D eigenvalue weighted by Crippen LogP contribution is 2.19. The molecular weight excluding hydrogens is 300 g/mol. The van der Waals surface area contributed by atoms with Gasteiger partial charge in [0.05, 0.1) is 26.6 Å². The number of benzene rings is 1. The van der Waals surface area contributed by atoms with Crippen LogP contribution in [-0.4, -0.2) is 33.6 Å². The Bertz CT molecular complexity index is 625. The largest absolute Gasteiger partial charge is 0.469 e. The van der Waals surface area contributed by atoms with E-state index in [9.17, 15) is 4.79 Å². The molecular formula is C15H20N4O2S. The number of carbonyl (C=O) groups is 1. The third kappa shape index (κ3) is 4.32. The van der Waals surface area contributed by atoms with Crippen molar-refractivity contribution in [2.24, 2.45) is 5.73 Å². The number of esters is 1. The van der Waals surface area contributed by atoms with Crippen LogP contribution in [0, 0.1) is 6.92 Å². The van der Waals surface area contributed by atoms with Gasteiger partial charge in [0.2, 0.25) is 0 Å². The van der Waals surface area contributed by atoms with Crippen LogP contribution >= 0.6 is 11.8 Å². The molecule has 0 saturated carbocycles. The topological polar surface area (TPSA) is 83.0 Å². The smallest absolute Gasteiger partial charge is 0.306 e. The van der Waals surface area contributed by atoms with Gasteiger partial charge >= 0.3 is 5.97 Å². The zero-order chi connectivity index (χ0) is 15.9. The van der Waals surface area contributed by atoms with Gasteiger partial charge in [0, 0.05) is 5.75 Å². The number of hydrogen-bond donors (Lipinski definition) is 1. The summed E-state index contributed by atoms with van der Waals surface area (Å²) in [5.74, 6) is 1.11. The van der Waals surface area contributed by atoms with Crippen LogP contribution in [-0.2, 0) is 22.6 Å². The van der Waals surface area contributed by atoms with Crippen molar-refractivity contribution < 1.29 is 9.53 Å². The maximum absolute atomic E-state index is 11.2. The second-order valence-electron chi connectivity index (χ2n) is 4.85. The summed E-state index contributed by atoms with van der Waals surface area (Å²) in [6.45, 7) is 3.05. The van der Waals surface area contributed by atoms with Crippen LogP contribution in [0.25, 0.3) is 0 Å². The van der Waals surface area contributed by atoms with Gasteiger partial charge < -0.3 is 15.0 Å². The van der Waals surface area contributed by atoms with Crippen molar-refractivity contribution in [2.75, 3.05) is 12.9 Å². The molecule has 0 bridgehead atoms. The zero-order valence-electron chi connectivity index (χ0n) is 12.8. The van der Waals surface area contributed by atoms with Gasteiger partial charge in [-0.1, -0.05) is 41.6 Å². The van der Waals surface area contributed by atoms with E-state index in [1.807, 2.05) is 4.57 Å². The normalized spacial score (nSPS) is 10.7. The van der Waals surface area contributed by atoms with E-state index >= 15 is 0 Å². The molecule has 0 atom stereocenters. The number of hydrogen-bond acceptors (Lipinski definition) is 6. The molecule has 1 aromatic heterocycles. The number of nitrogens with two attached hydrogens (primary N) is 1. The van der Waals surface area contributed by atoms with Crippen LogP contribution in [0.1, 0.15) is 23.4 Å². The number of thioether (sulfide) groups is 1. The summed E-state index contributed by atoms with van der Waals surface area (Å²) in [4.78, 5) is 11.2. The van der Waals surface area contributed by atoms with Gasteiger partial charge in [-0.05, 0) is 12.5 Å². The van der Waals surface area contributed by atoms with E-state index in [2.05, 4.69) is 46.1 Å². The van der Waals surface area contributed by atoms with Crippen molar-refractivity contribution in [3.63, 3.8) is 0 Å². The lowest BCUT2D eigenvalue weighted by molar-refractivity contribution is -0.140. The van der Waals surface area contributed by atoms with Crippen LogP contribution in [0.5, 0.6) is 0 Å². The lowest BCUT2D eigenvalue weighted by Gasteiger charge is -2.09. The predicted molar refractivity (Wildman–Crippen MR) is 85.6 cm³/mol. The van der Waals surface area contributed by atoms with Crippen molar-refractivity contribution in [3.8, 4) is 0 Å². The molecule has 0 aliphatic heterocycles. The molecule has 0 amide bonds. The molecule has 0 saturated heterocycles. The van der Waals surface area contributed by atoms with Gasteiger partial charge in [0.25, 0.3) is 0 Å². The van der Waals surface area contributed by atoms with Crippen LogP contribution in [0.4, 0.5) is 0 Å². The van der Waals surface area contributed by atoms with Crippen LogP contribution in [0.3, 0.4) is 0 Å².